The summed E-state index contributed by atoms with van der Waals surface area (Å²) < 4.78 is 15.2. The Morgan fingerprint density at radius 3 is 2.60 bits per heavy atom. The van der Waals surface area contributed by atoms with Gasteiger partial charge < -0.3 is 14.8 Å². The Morgan fingerprint density at radius 1 is 1.28 bits per heavy atom. The quantitative estimate of drug-likeness (QED) is 0.908. The molecule has 0 aliphatic carbocycles. The van der Waals surface area contributed by atoms with E-state index in [1.807, 2.05) is 17.3 Å². The van der Waals surface area contributed by atoms with Gasteiger partial charge in [-0.2, -0.15) is 0 Å². The zero-order valence-electron chi connectivity index (χ0n) is 14.8. The van der Waals surface area contributed by atoms with Crippen LogP contribution in [0.4, 0.5) is 14.9 Å². The highest BCUT2D eigenvalue weighted by molar-refractivity contribution is 5.89. The van der Waals surface area contributed by atoms with E-state index >= 15 is 0 Å². The highest BCUT2D eigenvalue weighted by Crippen LogP contribution is 2.22. The molecule has 25 heavy (non-hydrogen) atoms. The first-order valence-corrected chi connectivity index (χ1v) is 8.85. The van der Waals surface area contributed by atoms with Crippen LogP contribution in [0.25, 0.3) is 0 Å². The van der Waals surface area contributed by atoms with Crippen LogP contribution in [-0.2, 0) is 6.54 Å². The molecule has 6 heteroatoms. The fourth-order valence-corrected chi connectivity index (χ4v) is 3.31. The summed E-state index contributed by atoms with van der Waals surface area (Å²) in [6, 6.07) is 5.73. The smallest absolute Gasteiger partial charge is 0.321 e. The van der Waals surface area contributed by atoms with Crippen molar-refractivity contribution in [2.24, 2.45) is 5.92 Å². The predicted molar refractivity (Wildman–Crippen MR) is 96.0 cm³/mol. The molecule has 2 heterocycles. The topological polar surface area (TPSA) is 50.2 Å². The van der Waals surface area contributed by atoms with Gasteiger partial charge in [-0.1, -0.05) is 13.8 Å². The van der Waals surface area contributed by atoms with Gasteiger partial charge in [0.2, 0.25) is 0 Å². The van der Waals surface area contributed by atoms with Gasteiger partial charge in [0.1, 0.15) is 11.6 Å². The lowest BCUT2D eigenvalue weighted by Gasteiger charge is -2.32. The normalized spacial score (nSPS) is 15.6. The van der Waals surface area contributed by atoms with Crippen LogP contribution in [0.15, 0.2) is 36.7 Å². The monoisotopic (exact) mass is 344 g/mol. The summed E-state index contributed by atoms with van der Waals surface area (Å²) in [5.41, 5.74) is 0.619. The van der Waals surface area contributed by atoms with E-state index in [1.165, 1.54) is 12.1 Å². The maximum Gasteiger partial charge on any atom is 0.321 e. The Labute approximate surface area is 147 Å². The molecule has 2 aromatic rings. The van der Waals surface area contributed by atoms with Crippen LogP contribution in [0.3, 0.4) is 0 Å². The van der Waals surface area contributed by atoms with Crippen molar-refractivity contribution in [3.05, 3.63) is 48.3 Å². The number of anilines is 1. The van der Waals surface area contributed by atoms with Crippen molar-refractivity contribution < 1.29 is 9.18 Å². The highest BCUT2D eigenvalue weighted by atomic mass is 19.1. The average molecular weight is 344 g/mol. The van der Waals surface area contributed by atoms with Gasteiger partial charge >= 0.3 is 6.03 Å². The third-order valence-electron chi connectivity index (χ3n) is 4.72. The van der Waals surface area contributed by atoms with Gasteiger partial charge in [-0.3, -0.25) is 0 Å². The number of nitrogens with one attached hydrogen (secondary N) is 1. The van der Waals surface area contributed by atoms with Crippen LogP contribution in [0.1, 0.15) is 38.4 Å². The van der Waals surface area contributed by atoms with Crippen molar-refractivity contribution in [3.8, 4) is 0 Å². The minimum absolute atomic E-state index is 0.115. The number of halogens is 1. The van der Waals surface area contributed by atoms with E-state index in [0.717, 1.165) is 38.3 Å². The zero-order valence-corrected chi connectivity index (χ0v) is 14.8. The summed E-state index contributed by atoms with van der Waals surface area (Å²) in [5.74, 6) is 1.79. The standard InChI is InChI=1S/C19H25FN4O/c1-14(2)18-21-9-12-24(18)13-15-7-10-23(11-8-15)19(25)22-17-5-3-16(20)4-6-17/h3-6,9,12,14-15H,7-8,10-11,13H2,1-2H3,(H,22,25). The molecule has 5 nitrogen and oxygen atoms in total. The summed E-state index contributed by atoms with van der Waals surface area (Å²) in [6.45, 7) is 6.75. The number of benzene rings is 1. The number of aromatic nitrogens is 2. The van der Waals surface area contributed by atoms with Gasteiger partial charge in [0.05, 0.1) is 0 Å². The number of imidazole rings is 1. The number of hydrogen-bond acceptors (Lipinski definition) is 2. The fourth-order valence-electron chi connectivity index (χ4n) is 3.31. The molecule has 1 N–H and O–H groups in total. The summed E-state index contributed by atoms with van der Waals surface area (Å²) >= 11 is 0. The Balaban J connectivity index is 1.50. The number of piperidine rings is 1. The number of amides is 2. The molecule has 1 aliphatic heterocycles. The van der Waals surface area contributed by atoms with Crippen LogP contribution >= 0.6 is 0 Å². The molecule has 1 saturated heterocycles. The van der Waals surface area contributed by atoms with Gasteiger partial charge in [0.15, 0.2) is 0 Å². The third kappa shape index (κ3) is 4.38. The molecule has 2 amide bonds. The lowest BCUT2D eigenvalue weighted by Crippen LogP contribution is -2.41. The molecule has 0 spiro atoms. The number of rotatable bonds is 4. The van der Waals surface area contributed by atoms with E-state index in [9.17, 15) is 9.18 Å². The van der Waals surface area contributed by atoms with Gasteiger partial charge in [0.25, 0.3) is 0 Å². The van der Waals surface area contributed by atoms with E-state index in [1.54, 1.807) is 12.1 Å². The van der Waals surface area contributed by atoms with Crippen LogP contribution in [0.5, 0.6) is 0 Å². The van der Waals surface area contributed by atoms with E-state index in [4.69, 9.17) is 0 Å². The molecule has 1 aromatic heterocycles. The Bertz CT molecular complexity index is 702. The lowest BCUT2D eigenvalue weighted by molar-refractivity contribution is 0.176. The molecular weight excluding hydrogens is 319 g/mol. The molecule has 134 valence electrons. The first-order chi connectivity index (χ1) is 12.0. The largest absolute Gasteiger partial charge is 0.334 e. The van der Waals surface area contributed by atoms with Crippen molar-refractivity contribution in [2.45, 2.75) is 39.2 Å². The summed E-state index contributed by atoms with van der Waals surface area (Å²) in [4.78, 5) is 18.6. The fraction of sp³-hybridized carbons (Fsp3) is 0.474. The van der Waals surface area contributed by atoms with E-state index in [0.29, 0.717) is 17.5 Å². The molecule has 1 aromatic carbocycles. The van der Waals surface area contributed by atoms with Gasteiger partial charge in [0, 0.05) is 43.6 Å². The van der Waals surface area contributed by atoms with Gasteiger partial charge in [-0.05, 0) is 43.0 Å². The Hall–Kier alpha value is -2.37. The van der Waals surface area contributed by atoms with Crippen LogP contribution < -0.4 is 5.32 Å². The van der Waals surface area contributed by atoms with E-state index in [-0.39, 0.29) is 11.8 Å². The minimum atomic E-state index is -0.306. The first-order valence-electron chi connectivity index (χ1n) is 8.85. The number of carbonyl (C=O) groups excluding carboxylic acids is 1. The second kappa shape index (κ2) is 7.68. The molecule has 0 unspecified atom stereocenters. The SMILES string of the molecule is CC(C)c1nccn1CC1CCN(C(=O)Nc2ccc(F)cc2)CC1. The number of carbonyl (C=O) groups is 1. The molecular formula is C19H25FN4O. The zero-order chi connectivity index (χ0) is 17.8. The van der Waals surface area contributed by atoms with Crippen LogP contribution in [0.2, 0.25) is 0 Å². The Kier molecular flexibility index (Phi) is 5.36. The number of nitrogens with zero attached hydrogens (tertiary/aromatic N) is 3. The molecule has 0 saturated carbocycles. The molecule has 3 rings (SSSR count). The minimum Gasteiger partial charge on any atom is -0.334 e. The van der Waals surface area contributed by atoms with Crippen LogP contribution in [0, 0.1) is 11.7 Å². The van der Waals surface area contributed by atoms with Crippen molar-refractivity contribution in [1.29, 1.82) is 0 Å². The maximum atomic E-state index is 12.9. The Morgan fingerprint density at radius 2 is 1.96 bits per heavy atom. The second-order valence-corrected chi connectivity index (χ2v) is 6.96. The van der Waals surface area contributed by atoms with Gasteiger partial charge in [-0.25, -0.2) is 14.2 Å². The lowest BCUT2D eigenvalue weighted by atomic mass is 9.96. The summed E-state index contributed by atoms with van der Waals surface area (Å²) in [7, 11) is 0. The molecule has 0 bridgehead atoms. The number of hydrogen-bond donors (Lipinski definition) is 1. The number of likely N-dealkylation sites (tertiary alicyclic amines) is 1. The molecule has 1 fully saturated rings. The van der Waals surface area contributed by atoms with E-state index in [2.05, 4.69) is 28.7 Å². The summed E-state index contributed by atoms with van der Waals surface area (Å²) in [6.07, 6.45) is 5.86. The van der Waals surface area contributed by atoms with Crippen molar-refractivity contribution >= 4 is 11.7 Å². The average Bonchev–Trinajstić information content (AvgIpc) is 3.06. The summed E-state index contributed by atoms with van der Waals surface area (Å²) in [5, 5.41) is 2.83. The third-order valence-corrected chi connectivity index (χ3v) is 4.72. The van der Waals surface area contributed by atoms with Crippen LogP contribution in [-0.4, -0.2) is 33.6 Å². The first kappa shape index (κ1) is 17.5. The van der Waals surface area contributed by atoms with Crippen molar-refractivity contribution in [3.63, 3.8) is 0 Å². The molecule has 0 atom stereocenters. The highest BCUT2D eigenvalue weighted by Gasteiger charge is 2.24. The second-order valence-electron chi connectivity index (χ2n) is 6.96. The van der Waals surface area contributed by atoms with Crippen molar-refractivity contribution in [2.75, 3.05) is 18.4 Å². The molecule has 1 aliphatic rings. The predicted octanol–water partition coefficient (Wildman–Crippen LogP) is 4.09. The van der Waals surface area contributed by atoms with Crippen molar-refractivity contribution in [1.82, 2.24) is 14.5 Å². The molecule has 0 radical (unpaired) electrons. The van der Waals surface area contributed by atoms with Gasteiger partial charge in [-0.15, -0.1) is 0 Å². The van der Waals surface area contributed by atoms with E-state index < -0.39 is 0 Å². The maximum absolute atomic E-state index is 12.9. The number of urea groups is 1.